The summed E-state index contributed by atoms with van der Waals surface area (Å²) in [4.78, 5) is 11.7. The predicted molar refractivity (Wildman–Crippen MR) is 91.1 cm³/mol. The van der Waals surface area contributed by atoms with Gasteiger partial charge in [0.1, 0.15) is 6.61 Å². The second-order valence-electron chi connectivity index (χ2n) is 4.98. The molecular formula is C16H16ClNO5S. The second-order valence-corrected chi connectivity index (χ2v) is 7.17. The normalized spacial score (nSPS) is 11.0. The predicted octanol–water partition coefficient (Wildman–Crippen LogP) is 2.62. The Kier molecular flexibility index (Phi) is 5.69. The molecular weight excluding hydrogens is 354 g/mol. The Balaban J connectivity index is 2.03. The molecule has 0 bridgehead atoms. The molecule has 0 aromatic heterocycles. The van der Waals surface area contributed by atoms with Gasteiger partial charge in [-0.2, -0.15) is 0 Å². The van der Waals surface area contributed by atoms with Crippen molar-refractivity contribution in [3.63, 3.8) is 0 Å². The molecule has 0 heterocycles. The summed E-state index contributed by atoms with van der Waals surface area (Å²) in [5.74, 6) is 0.386. The number of sulfonamides is 1. The standard InChI is InChI=1S/C16H16ClNO5S/c1-22-15-9-13(17)7-8-14(15)23-10-11-3-5-12(6-4-11)16(19)18-24(2,20)21/h3-9H,10H2,1-2H3,(H,18,19). The van der Waals surface area contributed by atoms with Gasteiger partial charge in [-0.3, -0.25) is 4.79 Å². The molecule has 0 radical (unpaired) electrons. The van der Waals surface area contributed by atoms with Gasteiger partial charge in [-0.15, -0.1) is 0 Å². The van der Waals surface area contributed by atoms with Crippen LogP contribution in [-0.2, 0) is 16.6 Å². The first kappa shape index (κ1) is 18.1. The number of carbonyl (C=O) groups is 1. The summed E-state index contributed by atoms with van der Waals surface area (Å²) in [6.07, 6.45) is 0.923. The molecule has 6 nitrogen and oxygen atoms in total. The van der Waals surface area contributed by atoms with E-state index in [2.05, 4.69) is 0 Å². The molecule has 2 aromatic rings. The number of hydrogen-bond acceptors (Lipinski definition) is 5. The van der Waals surface area contributed by atoms with E-state index in [0.29, 0.717) is 16.5 Å². The van der Waals surface area contributed by atoms with Crippen LogP contribution in [0.15, 0.2) is 42.5 Å². The van der Waals surface area contributed by atoms with Crippen molar-refractivity contribution in [2.24, 2.45) is 0 Å². The highest BCUT2D eigenvalue weighted by atomic mass is 35.5. The lowest BCUT2D eigenvalue weighted by molar-refractivity contribution is 0.0981. The monoisotopic (exact) mass is 369 g/mol. The lowest BCUT2D eigenvalue weighted by atomic mass is 10.1. The van der Waals surface area contributed by atoms with Gasteiger partial charge in [0.05, 0.1) is 13.4 Å². The largest absolute Gasteiger partial charge is 0.493 e. The molecule has 2 rings (SSSR count). The Morgan fingerprint density at radius 3 is 2.38 bits per heavy atom. The number of carbonyl (C=O) groups excluding carboxylic acids is 1. The van der Waals surface area contributed by atoms with Crippen LogP contribution < -0.4 is 14.2 Å². The molecule has 0 aliphatic rings. The van der Waals surface area contributed by atoms with Crippen molar-refractivity contribution in [3.05, 3.63) is 58.6 Å². The van der Waals surface area contributed by atoms with Gasteiger partial charge in [0.2, 0.25) is 10.0 Å². The third-order valence-corrected chi connectivity index (χ3v) is 3.81. The van der Waals surface area contributed by atoms with E-state index in [0.717, 1.165) is 11.8 Å². The van der Waals surface area contributed by atoms with Gasteiger partial charge in [-0.25, -0.2) is 13.1 Å². The van der Waals surface area contributed by atoms with Crippen LogP contribution in [0.2, 0.25) is 5.02 Å². The molecule has 1 amide bonds. The molecule has 0 saturated carbocycles. The Morgan fingerprint density at radius 1 is 1.12 bits per heavy atom. The van der Waals surface area contributed by atoms with Crippen LogP contribution in [0.1, 0.15) is 15.9 Å². The minimum atomic E-state index is -3.59. The molecule has 0 atom stereocenters. The van der Waals surface area contributed by atoms with Crippen molar-refractivity contribution in [3.8, 4) is 11.5 Å². The van der Waals surface area contributed by atoms with Crippen molar-refractivity contribution in [1.29, 1.82) is 0 Å². The summed E-state index contributed by atoms with van der Waals surface area (Å²) in [7, 11) is -2.07. The van der Waals surface area contributed by atoms with Crippen molar-refractivity contribution in [2.75, 3.05) is 13.4 Å². The van der Waals surface area contributed by atoms with Crippen molar-refractivity contribution < 1.29 is 22.7 Å². The van der Waals surface area contributed by atoms with Crippen LogP contribution >= 0.6 is 11.6 Å². The van der Waals surface area contributed by atoms with E-state index in [-0.39, 0.29) is 12.2 Å². The molecule has 128 valence electrons. The molecule has 8 heteroatoms. The van der Waals surface area contributed by atoms with Crippen LogP contribution in [0, 0.1) is 0 Å². The third-order valence-electron chi connectivity index (χ3n) is 3.01. The van der Waals surface area contributed by atoms with Crippen LogP contribution in [-0.4, -0.2) is 27.7 Å². The summed E-state index contributed by atoms with van der Waals surface area (Å²) < 4.78 is 34.9. The number of rotatable bonds is 6. The van der Waals surface area contributed by atoms with Crippen LogP contribution in [0.3, 0.4) is 0 Å². The number of halogens is 1. The number of methoxy groups -OCH3 is 1. The fourth-order valence-corrected chi connectivity index (χ4v) is 2.52. The first-order chi connectivity index (χ1) is 11.3. The molecule has 0 spiro atoms. The molecule has 1 N–H and O–H groups in total. The molecule has 2 aromatic carbocycles. The van der Waals surface area contributed by atoms with Gasteiger partial charge in [0.25, 0.3) is 5.91 Å². The number of benzene rings is 2. The highest BCUT2D eigenvalue weighted by Crippen LogP contribution is 2.30. The number of ether oxygens (including phenoxy) is 2. The number of nitrogens with one attached hydrogen (secondary N) is 1. The lowest BCUT2D eigenvalue weighted by Crippen LogP contribution is -2.29. The van der Waals surface area contributed by atoms with E-state index in [9.17, 15) is 13.2 Å². The Bertz CT molecular complexity index is 834. The van der Waals surface area contributed by atoms with Crippen LogP contribution in [0.4, 0.5) is 0 Å². The fourth-order valence-electron chi connectivity index (χ4n) is 1.90. The average Bonchev–Trinajstić information content (AvgIpc) is 2.52. The van der Waals surface area contributed by atoms with Gasteiger partial charge >= 0.3 is 0 Å². The minimum absolute atomic E-state index is 0.244. The van der Waals surface area contributed by atoms with E-state index >= 15 is 0 Å². The molecule has 0 unspecified atom stereocenters. The first-order valence-electron chi connectivity index (χ1n) is 6.86. The van der Waals surface area contributed by atoms with Crippen molar-refractivity contribution in [1.82, 2.24) is 4.72 Å². The maximum Gasteiger partial charge on any atom is 0.264 e. The van der Waals surface area contributed by atoms with Crippen molar-refractivity contribution in [2.45, 2.75) is 6.61 Å². The third kappa shape index (κ3) is 5.14. The zero-order valence-electron chi connectivity index (χ0n) is 13.1. The summed E-state index contributed by atoms with van der Waals surface area (Å²) >= 11 is 5.89. The van der Waals surface area contributed by atoms with E-state index < -0.39 is 15.9 Å². The zero-order chi connectivity index (χ0) is 17.7. The maximum absolute atomic E-state index is 11.7. The maximum atomic E-state index is 11.7. The van der Waals surface area contributed by atoms with Crippen molar-refractivity contribution >= 4 is 27.5 Å². The average molecular weight is 370 g/mol. The molecule has 0 aliphatic carbocycles. The Hall–Kier alpha value is -2.25. The van der Waals surface area contributed by atoms with E-state index in [1.54, 1.807) is 30.3 Å². The summed E-state index contributed by atoms with van der Waals surface area (Å²) in [5, 5.41) is 0.542. The molecule has 0 aliphatic heterocycles. The smallest absolute Gasteiger partial charge is 0.264 e. The Morgan fingerprint density at radius 2 is 1.79 bits per heavy atom. The highest BCUT2D eigenvalue weighted by Gasteiger charge is 2.11. The van der Waals surface area contributed by atoms with Gasteiger partial charge in [-0.05, 0) is 29.8 Å². The number of hydrogen-bond donors (Lipinski definition) is 1. The quantitative estimate of drug-likeness (QED) is 0.846. The topological polar surface area (TPSA) is 81.7 Å². The van der Waals surface area contributed by atoms with E-state index in [1.807, 2.05) is 4.72 Å². The van der Waals surface area contributed by atoms with Gasteiger partial charge in [-0.1, -0.05) is 23.7 Å². The summed E-state index contributed by atoms with van der Waals surface area (Å²) in [6, 6.07) is 11.5. The van der Waals surface area contributed by atoms with E-state index in [4.69, 9.17) is 21.1 Å². The lowest BCUT2D eigenvalue weighted by Gasteiger charge is -2.11. The SMILES string of the molecule is COc1cc(Cl)ccc1OCc1ccc(C(=O)NS(C)(=O)=O)cc1. The molecule has 0 fully saturated rings. The molecule has 0 saturated heterocycles. The summed E-state index contributed by atoms with van der Waals surface area (Å²) in [5.41, 5.74) is 1.05. The number of amides is 1. The first-order valence-corrected chi connectivity index (χ1v) is 9.13. The Labute approximate surface area is 145 Å². The zero-order valence-corrected chi connectivity index (χ0v) is 14.6. The molecule has 24 heavy (non-hydrogen) atoms. The van der Waals surface area contributed by atoms with Gasteiger partial charge in [0, 0.05) is 16.7 Å². The minimum Gasteiger partial charge on any atom is -0.493 e. The second kappa shape index (κ2) is 7.55. The fraction of sp³-hybridized carbons (Fsp3) is 0.188. The van der Waals surface area contributed by atoms with Gasteiger partial charge < -0.3 is 9.47 Å². The van der Waals surface area contributed by atoms with Gasteiger partial charge in [0.15, 0.2) is 11.5 Å². The van der Waals surface area contributed by atoms with E-state index in [1.165, 1.54) is 19.2 Å². The highest BCUT2D eigenvalue weighted by molar-refractivity contribution is 7.89. The van der Waals surface area contributed by atoms with Crippen LogP contribution in [0.25, 0.3) is 0 Å². The van der Waals surface area contributed by atoms with Crippen LogP contribution in [0.5, 0.6) is 11.5 Å². The summed E-state index contributed by atoms with van der Waals surface area (Å²) in [6.45, 7) is 0.256.